The predicted octanol–water partition coefficient (Wildman–Crippen LogP) is 5.02. The largest absolute Gasteiger partial charge is 0.351 e. The molecule has 2 saturated heterocycles. The quantitative estimate of drug-likeness (QED) is 0.508. The van der Waals surface area contributed by atoms with Gasteiger partial charge in [0.25, 0.3) is 5.91 Å². The molecule has 2 fully saturated rings. The fraction of sp³-hybridized carbons (Fsp3) is 0.429. The number of nitrogens with one attached hydrogen (secondary N) is 2. The zero-order valence-electron chi connectivity index (χ0n) is 20.0. The summed E-state index contributed by atoms with van der Waals surface area (Å²) in [7, 11) is 0. The maximum Gasteiger partial charge on any atom is 0.268 e. The van der Waals surface area contributed by atoms with Crippen LogP contribution in [-0.2, 0) is 4.79 Å². The molecule has 2 N–H and O–H groups in total. The third kappa shape index (κ3) is 5.71. The summed E-state index contributed by atoms with van der Waals surface area (Å²) in [4.78, 5) is 34.5. The molecule has 2 amide bonds. The van der Waals surface area contributed by atoms with Gasteiger partial charge in [-0.3, -0.25) is 9.59 Å². The monoisotopic (exact) mass is 492 g/mol. The van der Waals surface area contributed by atoms with Gasteiger partial charge in [-0.25, -0.2) is 0 Å². The molecule has 35 heavy (non-hydrogen) atoms. The molecule has 7 heteroatoms. The molecule has 0 bridgehead atoms. The lowest BCUT2D eigenvalue weighted by Gasteiger charge is -2.37. The molecule has 2 aromatic carbocycles. The van der Waals surface area contributed by atoms with Crippen LogP contribution in [0.3, 0.4) is 0 Å². The molecule has 1 atom stereocenters. The molecular formula is C28H33ClN4O2. The lowest BCUT2D eigenvalue weighted by Crippen LogP contribution is -2.47. The van der Waals surface area contributed by atoms with Gasteiger partial charge in [-0.1, -0.05) is 48.4 Å². The minimum Gasteiger partial charge on any atom is -0.351 e. The molecule has 0 radical (unpaired) electrons. The Bertz CT molecular complexity index is 1160. The first-order valence-corrected chi connectivity index (χ1v) is 13.1. The van der Waals surface area contributed by atoms with Gasteiger partial charge in [0.1, 0.15) is 11.7 Å². The Labute approximate surface area is 211 Å². The summed E-state index contributed by atoms with van der Waals surface area (Å²) >= 11 is 6.10. The number of rotatable bonds is 6. The smallest absolute Gasteiger partial charge is 0.268 e. The number of H-pyrrole nitrogens is 1. The van der Waals surface area contributed by atoms with Crippen LogP contribution >= 0.6 is 11.6 Å². The second kappa shape index (κ2) is 10.8. The van der Waals surface area contributed by atoms with Gasteiger partial charge in [0, 0.05) is 35.6 Å². The van der Waals surface area contributed by atoms with E-state index in [-0.39, 0.29) is 11.8 Å². The van der Waals surface area contributed by atoms with Crippen molar-refractivity contribution in [1.82, 2.24) is 20.1 Å². The van der Waals surface area contributed by atoms with Crippen LogP contribution in [0.1, 0.15) is 54.2 Å². The highest BCUT2D eigenvalue weighted by molar-refractivity contribution is 6.31. The number of aromatic nitrogens is 1. The van der Waals surface area contributed by atoms with Crippen LogP contribution in [0.5, 0.6) is 0 Å². The second-order valence-electron chi connectivity index (χ2n) is 9.86. The van der Waals surface area contributed by atoms with Crippen LogP contribution in [-0.4, -0.2) is 59.3 Å². The van der Waals surface area contributed by atoms with Crippen molar-refractivity contribution < 1.29 is 9.59 Å². The van der Waals surface area contributed by atoms with Gasteiger partial charge in [0.05, 0.1) is 0 Å². The van der Waals surface area contributed by atoms with Gasteiger partial charge in [-0.05, 0) is 74.5 Å². The van der Waals surface area contributed by atoms with E-state index in [9.17, 15) is 9.59 Å². The first kappa shape index (κ1) is 23.9. The summed E-state index contributed by atoms with van der Waals surface area (Å²) in [6.45, 7) is 5.04. The molecule has 3 aromatic rings. The number of nitrogens with zero attached hydrogens (tertiary/aromatic N) is 2. The molecule has 5 rings (SSSR count). The molecule has 0 spiro atoms. The van der Waals surface area contributed by atoms with Crippen LogP contribution in [0.25, 0.3) is 10.9 Å². The minimum absolute atomic E-state index is 0.0415. The third-order valence-corrected chi connectivity index (χ3v) is 7.61. The Balaban J connectivity index is 1.27. The summed E-state index contributed by atoms with van der Waals surface area (Å²) in [5, 5.41) is 4.47. The Morgan fingerprint density at radius 2 is 1.71 bits per heavy atom. The Hall–Kier alpha value is -2.83. The summed E-state index contributed by atoms with van der Waals surface area (Å²) in [5.41, 5.74) is 2.04. The number of carbonyl (C=O) groups excluding carboxylic acids is 2. The van der Waals surface area contributed by atoms with Crippen molar-refractivity contribution in [2.45, 2.75) is 38.1 Å². The molecular weight excluding hydrogens is 460 g/mol. The van der Waals surface area contributed by atoms with Crippen molar-refractivity contribution in [1.29, 1.82) is 0 Å². The van der Waals surface area contributed by atoms with Crippen molar-refractivity contribution in [3.63, 3.8) is 0 Å². The molecule has 3 heterocycles. The number of carbonyl (C=O) groups is 2. The third-order valence-electron chi connectivity index (χ3n) is 7.37. The van der Waals surface area contributed by atoms with E-state index < -0.39 is 6.04 Å². The summed E-state index contributed by atoms with van der Waals surface area (Å²) in [6, 6.07) is 16.0. The molecule has 0 saturated carbocycles. The van der Waals surface area contributed by atoms with Crippen molar-refractivity contribution in [2.75, 3.05) is 32.7 Å². The number of benzene rings is 2. The van der Waals surface area contributed by atoms with Gasteiger partial charge in [-0.2, -0.15) is 0 Å². The maximum absolute atomic E-state index is 13.7. The number of amides is 2. The van der Waals surface area contributed by atoms with Crippen molar-refractivity contribution >= 4 is 34.3 Å². The van der Waals surface area contributed by atoms with E-state index >= 15 is 0 Å². The highest BCUT2D eigenvalue weighted by Gasteiger charge is 2.31. The fourth-order valence-electron chi connectivity index (χ4n) is 5.39. The zero-order chi connectivity index (χ0) is 24.2. The van der Waals surface area contributed by atoms with E-state index in [2.05, 4.69) is 15.2 Å². The standard InChI is InChI=1S/C28H33ClN4O2/c29-23-9-10-24-22(17-23)18-25(30-24)27(34)31-26(21-7-3-1-4-8-21)28(35)33-15-11-20(12-16-33)19-32-13-5-2-6-14-32/h1,3-4,7-10,17-18,20,26,30H,2,5-6,11-16,19H2,(H,31,34)/t26-/m1/s1. The van der Waals surface area contributed by atoms with Gasteiger partial charge in [-0.15, -0.1) is 0 Å². The first-order valence-electron chi connectivity index (χ1n) is 12.7. The molecule has 0 aliphatic carbocycles. The number of piperidine rings is 2. The molecule has 2 aliphatic heterocycles. The van der Waals surface area contributed by atoms with Crippen molar-refractivity contribution in [3.05, 3.63) is 70.9 Å². The summed E-state index contributed by atoms with van der Waals surface area (Å²) in [6.07, 6.45) is 5.99. The summed E-state index contributed by atoms with van der Waals surface area (Å²) < 4.78 is 0. The Morgan fingerprint density at radius 1 is 0.971 bits per heavy atom. The van der Waals surface area contributed by atoms with Crippen molar-refractivity contribution in [2.24, 2.45) is 5.92 Å². The van der Waals surface area contributed by atoms with E-state index in [1.807, 2.05) is 47.4 Å². The van der Waals surface area contributed by atoms with E-state index in [1.165, 1.54) is 32.4 Å². The van der Waals surface area contributed by atoms with Gasteiger partial charge in [0.15, 0.2) is 0 Å². The SMILES string of the molecule is O=C(N[C@@H](C(=O)N1CCC(CN2CCCCC2)CC1)c1ccccc1)c1cc2cc(Cl)ccc2[nH]1. The van der Waals surface area contributed by atoms with Crippen LogP contribution in [0.4, 0.5) is 0 Å². The molecule has 1 aromatic heterocycles. The van der Waals surface area contributed by atoms with E-state index in [0.717, 1.165) is 48.9 Å². The normalized spacial score (nSPS) is 18.5. The Kier molecular flexibility index (Phi) is 7.40. The van der Waals surface area contributed by atoms with E-state index in [0.29, 0.717) is 16.6 Å². The van der Waals surface area contributed by atoms with Gasteiger partial charge in [0.2, 0.25) is 5.91 Å². The van der Waals surface area contributed by atoms with E-state index in [4.69, 9.17) is 11.6 Å². The lowest BCUT2D eigenvalue weighted by molar-refractivity contribution is -0.135. The highest BCUT2D eigenvalue weighted by atomic mass is 35.5. The number of halogens is 1. The van der Waals surface area contributed by atoms with Crippen molar-refractivity contribution in [3.8, 4) is 0 Å². The number of likely N-dealkylation sites (tertiary alicyclic amines) is 2. The van der Waals surface area contributed by atoms with E-state index in [1.54, 1.807) is 12.1 Å². The van der Waals surface area contributed by atoms with Crippen LogP contribution in [0.2, 0.25) is 5.02 Å². The molecule has 2 aliphatic rings. The number of hydrogen-bond acceptors (Lipinski definition) is 3. The van der Waals surface area contributed by atoms with Gasteiger partial charge < -0.3 is 20.1 Å². The Morgan fingerprint density at radius 3 is 2.46 bits per heavy atom. The van der Waals surface area contributed by atoms with Gasteiger partial charge >= 0.3 is 0 Å². The lowest BCUT2D eigenvalue weighted by atomic mass is 9.94. The fourth-order valence-corrected chi connectivity index (χ4v) is 5.57. The van der Waals surface area contributed by atoms with Crippen LogP contribution in [0.15, 0.2) is 54.6 Å². The topological polar surface area (TPSA) is 68.4 Å². The number of hydrogen-bond donors (Lipinski definition) is 2. The average Bonchev–Trinajstić information content (AvgIpc) is 3.32. The second-order valence-corrected chi connectivity index (χ2v) is 10.3. The highest BCUT2D eigenvalue weighted by Crippen LogP contribution is 2.25. The molecule has 0 unspecified atom stereocenters. The average molecular weight is 493 g/mol. The zero-order valence-corrected chi connectivity index (χ0v) is 20.8. The number of aromatic amines is 1. The van der Waals surface area contributed by atoms with Crippen LogP contribution in [0, 0.1) is 5.92 Å². The predicted molar refractivity (Wildman–Crippen MR) is 140 cm³/mol. The first-order chi connectivity index (χ1) is 17.1. The minimum atomic E-state index is -0.725. The molecule has 6 nitrogen and oxygen atoms in total. The maximum atomic E-state index is 13.7. The van der Waals surface area contributed by atoms with Crippen LogP contribution < -0.4 is 5.32 Å². The summed E-state index contributed by atoms with van der Waals surface area (Å²) in [5.74, 6) is 0.291. The number of fused-ring (bicyclic) bond motifs is 1. The molecule has 184 valence electrons.